The van der Waals surface area contributed by atoms with Crippen molar-refractivity contribution < 1.29 is 0 Å². The van der Waals surface area contributed by atoms with Gasteiger partial charge in [0.25, 0.3) is 0 Å². The molecule has 0 amide bonds. The van der Waals surface area contributed by atoms with Crippen molar-refractivity contribution in [1.82, 2.24) is 10.2 Å². The molecule has 1 aliphatic heterocycles. The molecule has 1 heterocycles. The van der Waals surface area contributed by atoms with Crippen LogP contribution in [0.1, 0.15) is 38.7 Å². The van der Waals surface area contributed by atoms with Gasteiger partial charge < -0.3 is 10.2 Å². The highest BCUT2D eigenvalue weighted by atomic mass is 15.1. The molecule has 3 nitrogen and oxygen atoms in total. The number of benzene rings is 1. The first-order valence-corrected chi connectivity index (χ1v) is 8.59. The Morgan fingerprint density at radius 2 is 2.00 bits per heavy atom. The van der Waals surface area contributed by atoms with E-state index >= 15 is 0 Å². The van der Waals surface area contributed by atoms with E-state index < -0.39 is 0 Å². The van der Waals surface area contributed by atoms with Crippen molar-refractivity contribution in [3.63, 3.8) is 0 Å². The van der Waals surface area contributed by atoms with E-state index in [2.05, 4.69) is 42.3 Å². The Morgan fingerprint density at radius 1 is 1.23 bits per heavy atom. The summed E-state index contributed by atoms with van der Waals surface area (Å²) in [6.07, 6.45) is 3.25. The van der Waals surface area contributed by atoms with Crippen LogP contribution < -0.4 is 5.32 Å². The highest BCUT2D eigenvalue weighted by molar-refractivity contribution is 5.33. The van der Waals surface area contributed by atoms with Gasteiger partial charge in [-0.25, -0.2) is 0 Å². The van der Waals surface area contributed by atoms with E-state index in [1.54, 1.807) is 0 Å². The molecule has 1 saturated heterocycles. The van der Waals surface area contributed by atoms with Crippen LogP contribution in [0.15, 0.2) is 30.3 Å². The Labute approximate surface area is 135 Å². The summed E-state index contributed by atoms with van der Waals surface area (Å²) < 4.78 is 0. The first kappa shape index (κ1) is 17.0. The smallest absolute Gasteiger partial charge is 0.0845 e. The van der Waals surface area contributed by atoms with Crippen LogP contribution in [0, 0.1) is 17.2 Å². The average molecular weight is 299 g/mol. The molecule has 0 bridgehead atoms. The number of nitrogens with one attached hydrogen (secondary N) is 1. The largest absolute Gasteiger partial charge is 0.315 e. The number of rotatable bonds is 6. The van der Waals surface area contributed by atoms with Gasteiger partial charge in [-0.05, 0) is 50.4 Å². The van der Waals surface area contributed by atoms with Gasteiger partial charge >= 0.3 is 0 Å². The van der Waals surface area contributed by atoms with Crippen molar-refractivity contribution in [2.24, 2.45) is 5.92 Å². The Kier molecular flexibility index (Phi) is 6.42. The van der Waals surface area contributed by atoms with Crippen molar-refractivity contribution in [3.8, 4) is 6.07 Å². The van der Waals surface area contributed by atoms with Crippen LogP contribution in [0.25, 0.3) is 0 Å². The number of nitriles is 1. The Balaban J connectivity index is 2.00. The van der Waals surface area contributed by atoms with Crippen molar-refractivity contribution in [1.29, 1.82) is 5.26 Å². The summed E-state index contributed by atoms with van der Waals surface area (Å²) in [5.41, 5.74) is 0.816. The fraction of sp³-hybridized carbons (Fsp3) is 0.632. The van der Waals surface area contributed by atoms with Crippen LogP contribution >= 0.6 is 0 Å². The standard InChI is InChI=1S/C19H29N3/c1-17(2)19(16-20,18-8-4-3-5-9-18)10-6-13-22-14-7-11-21-12-15-22/h3-5,8-9,17,21H,6-7,10-15H2,1-2H3. The lowest BCUT2D eigenvalue weighted by Crippen LogP contribution is -2.34. The summed E-state index contributed by atoms with van der Waals surface area (Å²) in [5.74, 6) is 0.325. The second-order valence-electron chi connectivity index (χ2n) is 6.65. The van der Waals surface area contributed by atoms with E-state index in [1.165, 1.54) is 18.5 Å². The SMILES string of the molecule is CC(C)C(C#N)(CCCN1CCCNCC1)c1ccccc1. The topological polar surface area (TPSA) is 39.1 Å². The Morgan fingerprint density at radius 3 is 2.68 bits per heavy atom. The van der Waals surface area contributed by atoms with Gasteiger partial charge in [-0.2, -0.15) is 5.26 Å². The Bertz CT molecular complexity index is 469. The third kappa shape index (κ3) is 4.09. The molecule has 1 N–H and O–H groups in total. The molecule has 1 aromatic carbocycles. The summed E-state index contributed by atoms with van der Waals surface area (Å²) in [6, 6.07) is 13.0. The summed E-state index contributed by atoms with van der Waals surface area (Å²) in [5, 5.41) is 13.4. The quantitative estimate of drug-likeness (QED) is 0.877. The average Bonchev–Trinajstić information content (AvgIpc) is 2.81. The zero-order valence-corrected chi connectivity index (χ0v) is 14.0. The normalized spacial score (nSPS) is 19.4. The zero-order valence-electron chi connectivity index (χ0n) is 14.0. The predicted octanol–water partition coefficient (Wildman–Crippen LogP) is 3.18. The monoisotopic (exact) mass is 299 g/mol. The molecule has 0 aliphatic carbocycles. The van der Waals surface area contributed by atoms with Crippen LogP contribution in [0.4, 0.5) is 0 Å². The molecule has 22 heavy (non-hydrogen) atoms. The molecule has 1 atom stereocenters. The fourth-order valence-electron chi connectivity index (χ4n) is 3.46. The molecule has 1 fully saturated rings. The number of hydrogen-bond acceptors (Lipinski definition) is 3. The van der Waals surface area contributed by atoms with E-state index in [0.717, 1.165) is 39.0 Å². The summed E-state index contributed by atoms with van der Waals surface area (Å²) >= 11 is 0. The maximum Gasteiger partial charge on any atom is 0.0845 e. The third-order valence-corrected chi connectivity index (χ3v) is 4.95. The predicted molar refractivity (Wildman–Crippen MR) is 91.7 cm³/mol. The first-order chi connectivity index (χ1) is 10.7. The van der Waals surface area contributed by atoms with Gasteiger partial charge in [0.2, 0.25) is 0 Å². The third-order valence-electron chi connectivity index (χ3n) is 4.95. The van der Waals surface area contributed by atoms with E-state index in [0.29, 0.717) is 5.92 Å². The number of hydrogen-bond donors (Lipinski definition) is 1. The van der Waals surface area contributed by atoms with E-state index in [4.69, 9.17) is 0 Å². The second-order valence-corrected chi connectivity index (χ2v) is 6.65. The van der Waals surface area contributed by atoms with Gasteiger partial charge in [-0.15, -0.1) is 0 Å². The molecule has 1 unspecified atom stereocenters. The molecular weight excluding hydrogens is 270 g/mol. The van der Waals surface area contributed by atoms with Crippen molar-refractivity contribution in [3.05, 3.63) is 35.9 Å². The van der Waals surface area contributed by atoms with Gasteiger partial charge in [-0.1, -0.05) is 44.2 Å². The molecule has 3 heteroatoms. The van der Waals surface area contributed by atoms with E-state index in [1.807, 2.05) is 18.2 Å². The molecule has 0 radical (unpaired) electrons. The van der Waals surface area contributed by atoms with E-state index in [9.17, 15) is 5.26 Å². The lowest BCUT2D eigenvalue weighted by Gasteiger charge is -2.32. The molecular formula is C19H29N3. The maximum absolute atomic E-state index is 9.91. The summed E-state index contributed by atoms with van der Waals surface area (Å²) in [6.45, 7) is 9.98. The summed E-state index contributed by atoms with van der Waals surface area (Å²) in [4.78, 5) is 2.54. The van der Waals surface area contributed by atoms with Crippen LogP contribution in [0.2, 0.25) is 0 Å². The van der Waals surface area contributed by atoms with Gasteiger partial charge in [0.05, 0.1) is 11.5 Å². The molecule has 1 aliphatic rings. The molecule has 0 saturated carbocycles. The molecule has 0 aromatic heterocycles. The van der Waals surface area contributed by atoms with Crippen LogP contribution in [-0.4, -0.2) is 37.6 Å². The highest BCUT2D eigenvalue weighted by Crippen LogP contribution is 2.36. The van der Waals surface area contributed by atoms with Gasteiger partial charge in [0, 0.05) is 13.1 Å². The minimum atomic E-state index is -0.356. The molecule has 0 spiro atoms. The van der Waals surface area contributed by atoms with Crippen LogP contribution in [0.5, 0.6) is 0 Å². The lowest BCUT2D eigenvalue weighted by molar-refractivity contribution is 0.264. The van der Waals surface area contributed by atoms with Gasteiger partial charge in [0.15, 0.2) is 0 Å². The van der Waals surface area contributed by atoms with Crippen molar-refractivity contribution in [2.75, 3.05) is 32.7 Å². The molecule has 2 rings (SSSR count). The van der Waals surface area contributed by atoms with E-state index in [-0.39, 0.29) is 5.41 Å². The highest BCUT2D eigenvalue weighted by Gasteiger charge is 2.35. The molecule has 120 valence electrons. The summed E-state index contributed by atoms with van der Waals surface area (Å²) in [7, 11) is 0. The van der Waals surface area contributed by atoms with Gasteiger partial charge in [0.1, 0.15) is 0 Å². The van der Waals surface area contributed by atoms with Crippen LogP contribution in [-0.2, 0) is 5.41 Å². The number of nitrogens with zero attached hydrogens (tertiary/aromatic N) is 2. The fourth-order valence-corrected chi connectivity index (χ4v) is 3.46. The lowest BCUT2D eigenvalue weighted by atomic mass is 9.70. The zero-order chi connectivity index (χ0) is 15.8. The Hall–Kier alpha value is -1.37. The first-order valence-electron chi connectivity index (χ1n) is 8.59. The minimum absolute atomic E-state index is 0.325. The minimum Gasteiger partial charge on any atom is -0.315 e. The van der Waals surface area contributed by atoms with Gasteiger partial charge in [-0.3, -0.25) is 0 Å². The van der Waals surface area contributed by atoms with Crippen LogP contribution in [0.3, 0.4) is 0 Å². The maximum atomic E-state index is 9.91. The van der Waals surface area contributed by atoms with Crippen molar-refractivity contribution in [2.45, 2.75) is 38.5 Å². The molecule has 1 aromatic rings. The van der Waals surface area contributed by atoms with Crippen molar-refractivity contribution >= 4 is 0 Å². The second kappa shape index (κ2) is 8.31.